The molecule has 2 amide bonds. The smallest absolute Gasteiger partial charge is 0.422 e. The van der Waals surface area contributed by atoms with Gasteiger partial charge in [-0.3, -0.25) is 4.79 Å². The molecule has 1 aliphatic rings. The second-order valence-corrected chi connectivity index (χ2v) is 5.88. The first-order valence-electron chi connectivity index (χ1n) is 8.30. The average Bonchev–Trinajstić information content (AvgIpc) is 2.61. The molecule has 1 aromatic carbocycles. The topological polar surface area (TPSA) is 67.9 Å². The van der Waals surface area contributed by atoms with E-state index in [0.717, 1.165) is 0 Å². The molecule has 0 unspecified atom stereocenters. The van der Waals surface area contributed by atoms with Crippen LogP contribution in [0.2, 0.25) is 0 Å². The van der Waals surface area contributed by atoms with Gasteiger partial charge in [0.1, 0.15) is 5.75 Å². The van der Waals surface area contributed by atoms with Crippen LogP contribution in [-0.2, 0) is 9.53 Å². The van der Waals surface area contributed by atoms with E-state index in [1.54, 1.807) is 24.3 Å². The molecule has 6 nitrogen and oxygen atoms in total. The van der Waals surface area contributed by atoms with Gasteiger partial charge in [0.25, 0.3) is 0 Å². The third-order valence-corrected chi connectivity index (χ3v) is 3.92. The number of alkyl halides is 3. The van der Waals surface area contributed by atoms with E-state index < -0.39 is 18.9 Å². The number of halogens is 3. The number of amides is 2. The standard InChI is InChI=1S/C17H21F3N2O4/c1-2-25-14-5-3-13(4-6-14)21-15(23)12-7-9-22(10-8-12)16(24)26-11-17(18,19)20/h3-6,12H,2,7-11H2,1H3,(H,21,23). The summed E-state index contributed by atoms with van der Waals surface area (Å²) in [6.07, 6.45) is -4.83. The van der Waals surface area contributed by atoms with Crippen LogP contribution in [0.5, 0.6) is 5.75 Å². The number of likely N-dealkylation sites (tertiary alicyclic amines) is 1. The molecule has 1 aliphatic heterocycles. The average molecular weight is 374 g/mol. The van der Waals surface area contributed by atoms with Crippen molar-refractivity contribution in [3.8, 4) is 5.75 Å². The number of nitrogens with zero attached hydrogens (tertiary/aromatic N) is 1. The van der Waals surface area contributed by atoms with E-state index in [2.05, 4.69) is 10.1 Å². The lowest BCUT2D eigenvalue weighted by Crippen LogP contribution is -2.42. The Morgan fingerprint density at radius 1 is 1.19 bits per heavy atom. The summed E-state index contributed by atoms with van der Waals surface area (Å²) in [6, 6.07) is 6.95. The first kappa shape index (κ1) is 19.9. The summed E-state index contributed by atoms with van der Waals surface area (Å²) in [5.74, 6) is 0.210. The Hall–Kier alpha value is -2.45. The fraction of sp³-hybridized carbons (Fsp3) is 0.529. The van der Waals surface area contributed by atoms with E-state index in [1.807, 2.05) is 6.92 Å². The molecule has 0 radical (unpaired) electrons. The summed E-state index contributed by atoms with van der Waals surface area (Å²) < 4.78 is 45.8. The first-order valence-corrected chi connectivity index (χ1v) is 8.30. The number of nitrogens with one attached hydrogen (secondary N) is 1. The number of anilines is 1. The van der Waals surface area contributed by atoms with E-state index in [9.17, 15) is 22.8 Å². The second kappa shape index (κ2) is 8.77. The molecule has 1 N–H and O–H groups in total. The highest BCUT2D eigenvalue weighted by molar-refractivity contribution is 5.92. The summed E-state index contributed by atoms with van der Waals surface area (Å²) in [6.45, 7) is 1.18. The number of rotatable bonds is 5. The van der Waals surface area contributed by atoms with Crippen molar-refractivity contribution < 1.29 is 32.2 Å². The van der Waals surface area contributed by atoms with Crippen molar-refractivity contribution in [3.05, 3.63) is 24.3 Å². The lowest BCUT2D eigenvalue weighted by molar-refractivity contribution is -0.162. The number of carbonyl (C=O) groups is 2. The van der Waals surface area contributed by atoms with E-state index >= 15 is 0 Å². The van der Waals surface area contributed by atoms with Crippen molar-refractivity contribution >= 4 is 17.7 Å². The predicted octanol–water partition coefficient (Wildman–Crippen LogP) is 3.43. The fourth-order valence-electron chi connectivity index (χ4n) is 2.60. The molecule has 0 spiro atoms. The van der Waals surface area contributed by atoms with Gasteiger partial charge in [0.05, 0.1) is 6.61 Å². The largest absolute Gasteiger partial charge is 0.494 e. The SMILES string of the molecule is CCOc1ccc(NC(=O)C2CCN(C(=O)OCC(F)(F)F)CC2)cc1. The Bertz CT molecular complexity index is 611. The minimum atomic E-state index is -4.55. The molecular weight excluding hydrogens is 353 g/mol. The zero-order valence-electron chi connectivity index (χ0n) is 14.3. The predicted molar refractivity (Wildman–Crippen MR) is 87.9 cm³/mol. The molecule has 0 aliphatic carbocycles. The number of benzene rings is 1. The minimum absolute atomic E-state index is 0.179. The second-order valence-electron chi connectivity index (χ2n) is 5.88. The van der Waals surface area contributed by atoms with Crippen LogP contribution in [0.3, 0.4) is 0 Å². The van der Waals surface area contributed by atoms with Crippen LogP contribution in [-0.4, -0.2) is 49.4 Å². The van der Waals surface area contributed by atoms with Gasteiger partial charge in [-0.2, -0.15) is 13.2 Å². The van der Waals surface area contributed by atoms with Gasteiger partial charge in [-0.25, -0.2) is 4.79 Å². The molecule has 144 valence electrons. The molecule has 0 aromatic heterocycles. The molecule has 1 aromatic rings. The Labute approximate surface area is 149 Å². The number of piperidine rings is 1. The molecule has 2 rings (SSSR count). The Balaban J connectivity index is 1.78. The van der Waals surface area contributed by atoms with Gasteiger partial charge in [-0.15, -0.1) is 0 Å². The maximum atomic E-state index is 12.3. The van der Waals surface area contributed by atoms with Crippen LogP contribution in [0.4, 0.5) is 23.7 Å². The Kier molecular flexibility index (Phi) is 6.70. The number of carbonyl (C=O) groups excluding carboxylic acids is 2. The van der Waals surface area contributed by atoms with Gasteiger partial charge in [0.15, 0.2) is 6.61 Å². The summed E-state index contributed by atoms with van der Waals surface area (Å²) >= 11 is 0. The first-order chi connectivity index (χ1) is 12.3. The van der Waals surface area contributed by atoms with E-state index in [0.29, 0.717) is 30.9 Å². The molecule has 0 bridgehead atoms. The zero-order valence-corrected chi connectivity index (χ0v) is 14.3. The van der Waals surface area contributed by atoms with Gasteiger partial charge in [0.2, 0.25) is 5.91 Å². The molecular formula is C17H21F3N2O4. The zero-order chi connectivity index (χ0) is 19.2. The molecule has 1 heterocycles. The van der Waals surface area contributed by atoms with E-state index in [1.165, 1.54) is 4.90 Å². The Morgan fingerprint density at radius 2 is 1.81 bits per heavy atom. The van der Waals surface area contributed by atoms with Crippen LogP contribution in [0, 0.1) is 5.92 Å². The quantitative estimate of drug-likeness (QED) is 0.857. The van der Waals surface area contributed by atoms with E-state index in [4.69, 9.17) is 4.74 Å². The summed E-state index contributed by atoms with van der Waals surface area (Å²) in [7, 11) is 0. The number of hydrogen-bond acceptors (Lipinski definition) is 4. The van der Waals surface area contributed by atoms with Gasteiger partial charge in [-0.05, 0) is 44.0 Å². The van der Waals surface area contributed by atoms with Gasteiger partial charge < -0.3 is 19.7 Å². The van der Waals surface area contributed by atoms with Gasteiger partial charge in [-0.1, -0.05) is 0 Å². The normalized spacial score (nSPS) is 15.5. The van der Waals surface area contributed by atoms with Crippen molar-refractivity contribution in [2.45, 2.75) is 25.9 Å². The molecule has 0 saturated carbocycles. The highest BCUT2D eigenvalue weighted by atomic mass is 19.4. The monoisotopic (exact) mass is 374 g/mol. The highest BCUT2D eigenvalue weighted by Gasteiger charge is 2.32. The molecule has 1 saturated heterocycles. The van der Waals surface area contributed by atoms with Gasteiger partial charge in [0, 0.05) is 24.7 Å². The van der Waals surface area contributed by atoms with Crippen LogP contribution in [0.1, 0.15) is 19.8 Å². The lowest BCUT2D eigenvalue weighted by Gasteiger charge is -2.30. The van der Waals surface area contributed by atoms with Crippen LogP contribution < -0.4 is 10.1 Å². The van der Waals surface area contributed by atoms with Crippen molar-refractivity contribution in [2.75, 3.05) is 31.6 Å². The molecule has 9 heteroatoms. The van der Waals surface area contributed by atoms with Crippen molar-refractivity contribution in [1.82, 2.24) is 4.90 Å². The third kappa shape index (κ3) is 6.12. The third-order valence-electron chi connectivity index (χ3n) is 3.92. The Morgan fingerprint density at radius 3 is 2.35 bits per heavy atom. The maximum Gasteiger partial charge on any atom is 0.422 e. The maximum absolute atomic E-state index is 12.3. The number of ether oxygens (including phenoxy) is 2. The van der Waals surface area contributed by atoms with Crippen molar-refractivity contribution in [2.24, 2.45) is 5.92 Å². The van der Waals surface area contributed by atoms with Crippen molar-refractivity contribution in [3.63, 3.8) is 0 Å². The minimum Gasteiger partial charge on any atom is -0.494 e. The fourth-order valence-corrected chi connectivity index (χ4v) is 2.60. The van der Waals surface area contributed by atoms with Crippen molar-refractivity contribution in [1.29, 1.82) is 0 Å². The lowest BCUT2D eigenvalue weighted by atomic mass is 9.96. The summed E-state index contributed by atoms with van der Waals surface area (Å²) in [4.78, 5) is 25.1. The van der Waals surface area contributed by atoms with Crippen LogP contribution in [0.25, 0.3) is 0 Å². The summed E-state index contributed by atoms with van der Waals surface area (Å²) in [5, 5.41) is 2.79. The molecule has 0 atom stereocenters. The molecule has 1 fully saturated rings. The summed E-state index contributed by atoms with van der Waals surface area (Å²) in [5.41, 5.74) is 0.630. The highest BCUT2D eigenvalue weighted by Crippen LogP contribution is 2.22. The van der Waals surface area contributed by atoms with E-state index in [-0.39, 0.29) is 24.9 Å². The van der Waals surface area contributed by atoms with Crippen LogP contribution in [0.15, 0.2) is 24.3 Å². The number of hydrogen-bond donors (Lipinski definition) is 1. The molecule has 26 heavy (non-hydrogen) atoms. The van der Waals surface area contributed by atoms with Gasteiger partial charge >= 0.3 is 12.3 Å². The van der Waals surface area contributed by atoms with Crippen LogP contribution >= 0.6 is 0 Å².